The standard InChI is InChI=1S/C27H28O7/c28-16-22-24(31-17-19-10-4-1-5-11-19)25(34-26(30)21-14-8-3-9-15-21)23(29)27(33-22)32-18-20-12-6-2-7-13-20/h1-15,22-25,27-29H,16-18H2/t22-,23-,24+,25-,27-/m1/s1. The van der Waals surface area contributed by atoms with Crippen molar-refractivity contribution >= 4 is 5.97 Å². The van der Waals surface area contributed by atoms with Crippen LogP contribution in [-0.4, -0.2) is 53.5 Å². The van der Waals surface area contributed by atoms with E-state index < -0.39 is 43.3 Å². The lowest BCUT2D eigenvalue weighted by Gasteiger charge is -2.43. The Bertz CT molecular complexity index is 1010. The number of rotatable bonds is 9. The van der Waals surface area contributed by atoms with E-state index >= 15 is 0 Å². The van der Waals surface area contributed by atoms with Gasteiger partial charge in [0.25, 0.3) is 0 Å². The number of carbonyl (C=O) groups is 1. The summed E-state index contributed by atoms with van der Waals surface area (Å²) in [4.78, 5) is 12.8. The van der Waals surface area contributed by atoms with Crippen LogP contribution in [0.3, 0.4) is 0 Å². The molecule has 5 atom stereocenters. The Morgan fingerprint density at radius 1 is 0.765 bits per heavy atom. The monoisotopic (exact) mass is 464 g/mol. The number of ether oxygens (including phenoxy) is 4. The molecule has 0 aromatic heterocycles. The minimum Gasteiger partial charge on any atom is -0.453 e. The number of benzene rings is 3. The van der Waals surface area contributed by atoms with Gasteiger partial charge in [0.2, 0.25) is 0 Å². The lowest BCUT2D eigenvalue weighted by atomic mass is 9.98. The number of aliphatic hydroxyl groups is 2. The Hall–Kier alpha value is -3.07. The van der Waals surface area contributed by atoms with E-state index in [1.807, 2.05) is 60.7 Å². The molecule has 0 amide bonds. The van der Waals surface area contributed by atoms with Gasteiger partial charge >= 0.3 is 5.97 Å². The highest BCUT2D eigenvalue weighted by molar-refractivity contribution is 5.89. The number of carbonyl (C=O) groups excluding carboxylic acids is 1. The molecule has 7 heteroatoms. The van der Waals surface area contributed by atoms with Gasteiger partial charge in [-0.2, -0.15) is 0 Å². The highest BCUT2D eigenvalue weighted by atomic mass is 16.7. The Balaban J connectivity index is 1.53. The zero-order valence-electron chi connectivity index (χ0n) is 18.6. The highest BCUT2D eigenvalue weighted by Crippen LogP contribution is 2.29. The average Bonchev–Trinajstić information content (AvgIpc) is 2.90. The summed E-state index contributed by atoms with van der Waals surface area (Å²) in [7, 11) is 0. The second-order valence-electron chi connectivity index (χ2n) is 8.01. The summed E-state index contributed by atoms with van der Waals surface area (Å²) < 4.78 is 23.4. The van der Waals surface area contributed by atoms with Gasteiger partial charge in [-0.1, -0.05) is 78.9 Å². The summed E-state index contributed by atoms with van der Waals surface area (Å²) >= 11 is 0. The van der Waals surface area contributed by atoms with Crippen LogP contribution >= 0.6 is 0 Å². The number of aliphatic hydroxyl groups excluding tert-OH is 2. The molecule has 0 unspecified atom stereocenters. The molecule has 0 saturated carbocycles. The van der Waals surface area contributed by atoms with Crippen LogP contribution in [0.1, 0.15) is 21.5 Å². The molecule has 1 saturated heterocycles. The molecule has 0 radical (unpaired) electrons. The summed E-state index contributed by atoms with van der Waals surface area (Å²) in [6, 6.07) is 27.4. The van der Waals surface area contributed by atoms with Crippen molar-refractivity contribution in [2.75, 3.05) is 6.61 Å². The first kappa shape index (κ1) is 24.1. The molecule has 3 aromatic rings. The zero-order chi connectivity index (χ0) is 23.8. The second-order valence-corrected chi connectivity index (χ2v) is 8.01. The summed E-state index contributed by atoms with van der Waals surface area (Å²) in [6.45, 7) is -0.0423. The van der Waals surface area contributed by atoms with Gasteiger partial charge in [0.15, 0.2) is 12.4 Å². The van der Waals surface area contributed by atoms with Crippen LogP contribution in [0.5, 0.6) is 0 Å². The van der Waals surface area contributed by atoms with Crippen LogP contribution in [0.2, 0.25) is 0 Å². The fourth-order valence-electron chi connectivity index (χ4n) is 3.80. The van der Waals surface area contributed by atoms with E-state index in [-0.39, 0.29) is 13.2 Å². The van der Waals surface area contributed by atoms with Crippen LogP contribution < -0.4 is 0 Å². The Labute approximate surface area is 198 Å². The maximum Gasteiger partial charge on any atom is 0.338 e. The molecule has 1 aliphatic rings. The van der Waals surface area contributed by atoms with Gasteiger partial charge in [-0.3, -0.25) is 0 Å². The third kappa shape index (κ3) is 6.08. The summed E-state index contributed by atoms with van der Waals surface area (Å²) in [5.41, 5.74) is 2.12. The van der Waals surface area contributed by atoms with Crippen LogP contribution in [-0.2, 0) is 32.2 Å². The average molecular weight is 465 g/mol. The summed E-state index contributed by atoms with van der Waals surface area (Å²) in [5.74, 6) is -0.613. The smallest absolute Gasteiger partial charge is 0.338 e. The molecule has 178 valence electrons. The zero-order valence-corrected chi connectivity index (χ0v) is 18.6. The first-order valence-corrected chi connectivity index (χ1v) is 11.2. The quantitative estimate of drug-likeness (QED) is 0.470. The number of hydrogen-bond acceptors (Lipinski definition) is 7. The van der Waals surface area contributed by atoms with Gasteiger partial charge in [-0.25, -0.2) is 4.79 Å². The summed E-state index contributed by atoms with van der Waals surface area (Å²) in [6.07, 6.45) is -5.36. The Morgan fingerprint density at radius 3 is 1.85 bits per heavy atom. The molecule has 1 fully saturated rings. The highest BCUT2D eigenvalue weighted by Gasteiger charge is 2.48. The van der Waals surface area contributed by atoms with Gasteiger partial charge in [-0.15, -0.1) is 0 Å². The van der Waals surface area contributed by atoms with E-state index in [0.29, 0.717) is 5.56 Å². The molecule has 1 heterocycles. The van der Waals surface area contributed by atoms with E-state index in [1.165, 1.54) is 0 Å². The van der Waals surface area contributed by atoms with Crippen LogP contribution in [0.4, 0.5) is 0 Å². The first-order valence-electron chi connectivity index (χ1n) is 11.2. The van der Waals surface area contributed by atoms with Crippen molar-refractivity contribution < 1.29 is 34.0 Å². The molecule has 4 rings (SSSR count). The van der Waals surface area contributed by atoms with E-state index in [2.05, 4.69) is 0 Å². The largest absolute Gasteiger partial charge is 0.453 e. The Kier molecular flexibility index (Phi) is 8.41. The minimum absolute atomic E-state index is 0.176. The molecule has 2 N–H and O–H groups in total. The lowest BCUT2D eigenvalue weighted by Crippen LogP contribution is -2.61. The third-order valence-electron chi connectivity index (χ3n) is 5.59. The maximum absolute atomic E-state index is 12.8. The summed E-state index contributed by atoms with van der Waals surface area (Å²) in [5, 5.41) is 21.1. The second kappa shape index (κ2) is 11.9. The van der Waals surface area contributed by atoms with Gasteiger partial charge in [0, 0.05) is 0 Å². The topological polar surface area (TPSA) is 94.5 Å². The van der Waals surface area contributed by atoms with Crippen molar-refractivity contribution in [2.24, 2.45) is 0 Å². The van der Waals surface area contributed by atoms with E-state index in [9.17, 15) is 15.0 Å². The fraction of sp³-hybridized carbons (Fsp3) is 0.296. The molecule has 3 aromatic carbocycles. The van der Waals surface area contributed by atoms with Crippen molar-refractivity contribution in [2.45, 2.75) is 43.9 Å². The van der Waals surface area contributed by atoms with E-state index in [0.717, 1.165) is 11.1 Å². The lowest BCUT2D eigenvalue weighted by molar-refractivity contribution is -0.311. The molecule has 1 aliphatic heterocycles. The van der Waals surface area contributed by atoms with Gasteiger partial charge in [0.1, 0.15) is 18.3 Å². The van der Waals surface area contributed by atoms with Crippen molar-refractivity contribution in [1.29, 1.82) is 0 Å². The van der Waals surface area contributed by atoms with Crippen molar-refractivity contribution in [3.8, 4) is 0 Å². The van der Waals surface area contributed by atoms with Gasteiger partial charge in [0.05, 0.1) is 25.4 Å². The maximum atomic E-state index is 12.8. The van der Waals surface area contributed by atoms with Crippen LogP contribution in [0, 0.1) is 0 Å². The molecule has 7 nitrogen and oxygen atoms in total. The van der Waals surface area contributed by atoms with E-state index in [4.69, 9.17) is 18.9 Å². The van der Waals surface area contributed by atoms with Crippen LogP contribution in [0.15, 0.2) is 91.0 Å². The SMILES string of the molecule is O=C(O[C@@H]1[C@@H](O)[C@H](OCc2ccccc2)O[C@H](CO)[C@@H]1OCc1ccccc1)c1ccccc1. The van der Waals surface area contributed by atoms with Crippen molar-refractivity contribution in [1.82, 2.24) is 0 Å². The molecule has 0 bridgehead atoms. The predicted molar refractivity (Wildman–Crippen MR) is 124 cm³/mol. The number of hydrogen-bond donors (Lipinski definition) is 2. The van der Waals surface area contributed by atoms with Gasteiger partial charge < -0.3 is 29.2 Å². The van der Waals surface area contributed by atoms with Crippen LogP contribution in [0.25, 0.3) is 0 Å². The van der Waals surface area contributed by atoms with Crippen molar-refractivity contribution in [3.63, 3.8) is 0 Å². The molecule has 34 heavy (non-hydrogen) atoms. The normalized spacial score (nSPS) is 24.5. The molecular weight excluding hydrogens is 436 g/mol. The molecule has 0 spiro atoms. The van der Waals surface area contributed by atoms with Crippen molar-refractivity contribution in [3.05, 3.63) is 108 Å². The molecular formula is C27H28O7. The third-order valence-corrected chi connectivity index (χ3v) is 5.59. The number of esters is 1. The fourth-order valence-corrected chi connectivity index (χ4v) is 3.80. The van der Waals surface area contributed by atoms with Gasteiger partial charge in [-0.05, 0) is 23.3 Å². The Morgan fingerprint density at radius 2 is 1.29 bits per heavy atom. The predicted octanol–water partition coefficient (Wildman–Crippen LogP) is 3.09. The molecule has 0 aliphatic carbocycles. The minimum atomic E-state index is -1.33. The van der Waals surface area contributed by atoms with E-state index in [1.54, 1.807) is 30.3 Å². The first-order chi connectivity index (χ1) is 16.7.